The largest absolute Gasteiger partial charge is 0.491 e. The van der Waals surface area contributed by atoms with Crippen LogP contribution in [0.1, 0.15) is 13.8 Å². The Balaban J connectivity index is 1.49. The molecule has 0 spiro atoms. The highest BCUT2D eigenvalue weighted by atomic mass is 19.1. The van der Waals surface area contributed by atoms with E-state index in [-0.39, 0.29) is 30.4 Å². The molecule has 2 heterocycles. The van der Waals surface area contributed by atoms with Gasteiger partial charge in [-0.1, -0.05) is 0 Å². The number of benzene rings is 2. The molecule has 170 valence electrons. The van der Waals surface area contributed by atoms with Crippen LogP contribution in [0.5, 0.6) is 5.75 Å². The van der Waals surface area contributed by atoms with Gasteiger partial charge in [-0.3, -0.25) is 9.48 Å². The van der Waals surface area contributed by atoms with Crippen LogP contribution in [0.15, 0.2) is 54.9 Å². The van der Waals surface area contributed by atoms with Crippen molar-refractivity contribution in [3.8, 4) is 5.75 Å². The van der Waals surface area contributed by atoms with Crippen molar-refractivity contribution in [1.29, 1.82) is 0 Å². The van der Waals surface area contributed by atoms with Crippen LogP contribution in [0.4, 0.5) is 27.5 Å². The van der Waals surface area contributed by atoms with Crippen LogP contribution < -0.4 is 15.4 Å². The molecule has 2 aromatic heterocycles. The summed E-state index contributed by atoms with van der Waals surface area (Å²) in [5.74, 6) is 0.0231. The van der Waals surface area contributed by atoms with Crippen LogP contribution >= 0.6 is 0 Å². The minimum absolute atomic E-state index is 0.0213. The van der Waals surface area contributed by atoms with Gasteiger partial charge in [-0.25, -0.2) is 9.37 Å². The molecule has 2 aromatic carbocycles. The van der Waals surface area contributed by atoms with Crippen molar-refractivity contribution in [3.63, 3.8) is 0 Å². The van der Waals surface area contributed by atoms with Crippen molar-refractivity contribution in [1.82, 2.24) is 19.7 Å². The Morgan fingerprint density at radius 2 is 1.85 bits per heavy atom. The highest BCUT2D eigenvalue weighted by molar-refractivity contribution is 5.84. The third kappa shape index (κ3) is 5.35. The number of methoxy groups -OCH3 is 1. The third-order valence-corrected chi connectivity index (χ3v) is 4.64. The number of hydrogen-bond donors (Lipinski definition) is 2. The Kier molecular flexibility index (Phi) is 6.34. The predicted octanol–water partition coefficient (Wildman–Crippen LogP) is 4.41. The van der Waals surface area contributed by atoms with Gasteiger partial charge < -0.3 is 20.1 Å². The maximum Gasteiger partial charge on any atom is 0.327 e. The van der Waals surface area contributed by atoms with E-state index in [1.54, 1.807) is 41.2 Å². The smallest absolute Gasteiger partial charge is 0.327 e. The third-order valence-electron chi connectivity index (χ3n) is 4.64. The summed E-state index contributed by atoms with van der Waals surface area (Å²) in [7, 11) is 1.33. The van der Waals surface area contributed by atoms with Crippen LogP contribution in [-0.2, 0) is 16.1 Å². The Hall–Kier alpha value is -4.21. The molecule has 4 aromatic rings. The summed E-state index contributed by atoms with van der Waals surface area (Å²) >= 11 is 0. The standard InChI is InChI=1S/C23H23FN6O3/c1-14(2)33-18-7-4-16(5-8-18)27-22-19(24)12-25-23(29-22)28-17-6-9-20-15(10-17)11-26-30(20)13-21(31)32-3/h4-12,14H,13H2,1-3H3,(H2,25,27,28,29). The number of ether oxygens (including phenoxy) is 2. The zero-order chi connectivity index (χ0) is 23.4. The summed E-state index contributed by atoms with van der Waals surface area (Å²) in [6.45, 7) is 3.92. The van der Waals surface area contributed by atoms with E-state index in [0.717, 1.165) is 22.8 Å². The van der Waals surface area contributed by atoms with E-state index in [2.05, 4.69) is 30.4 Å². The second kappa shape index (κ2) is 9.51. The highest BCUT2D eigenvalue weighted by Gasteiger charge is 2.11. The molecule has 2 N–H and O–H groups in total. The lowest BCUT2D eigenvalue weighted by Crippen LogP contribution is -2.12. The molecule has 10 heteroatoms. The number of halogens is 1. The molecule has 0 radical (unpaired) electrons. The van der Waals surface area contributed by atoms with E-state index in [4.69, 9.17) is 4.74 Å². The zero-order valence-electron chi connectivity index (χ0n) is 18.4. The molecular weight excluding hydrogens is 427 g/mol. The Bertz CT molecular complexity index is 1270. The van der Waals surface area contributed by atoms with Crippen molar-refractivity contribution in [2.75, 3.05) is 17.7 Å². The van der Waals surface area contributed by atoms with Gasteiger partial charge in [0.1, 0.15) is 12.3 Å². The Morgan fingerprint density at radius 1 is 1.09 bits per heavy atom. The van der Waals surface area contributed by atoms with E-state index in [9.17, 15) is 9.18 Å². The van der Waals surface area contributed by atoms with Gasteiger partial charge >= 0.3 is 5.97 Å². The first-order valence-corrected chi connectivity index (χ1v) is 10.3. The molecule has 0 aliphatic carbocycles. The lowest BCUT2D eigenvalue weighted by molar-refractivity contribution is -0.141. The Morgan fingerprint density at radius 3 is 2.58 bits per heavy atom. The van der Waals surface area contributed by atoms with E-state index in [0.29, 0.717) is 11.4 Å². The zero-order valence-corrected chi connectivity index (χ0v) is 18.4. The molecule has 0 bridgehead atoms. The molecule has 0 aliphatic heterocycles. The molecule has 0 fully saturated rings. The fraction of sp³-hybridized carbons (Fsp3) is 0.217. The van der Waals surface area contributed by atoms with Gasteiger partial charge in [0.15, 0.2) is 11.6 Å². The average molecular weight is 450 g/mol. The minimum Gasteiger partial charge on any atom is -0.491 e. The molecular formula is C23H23FN6O3. The summed E-state index contributed by atoms with van der Waals surface area (Å²) in [5.41, 5.74) is 2.13. The number of carbonyl (C=O) groups excluding carboxylic acids is 1. The molecule has 33 heavy (non-hydrogen) atoms. The summed E-state index contributed by atoms with van der Waals surface area (Å²) in [6.07, 6.45) is 2.81. The van der Waals surface area contributed by atoms with Gasteiger partial charge in [-0.15, -0.1) is 0 Å². The van der Waals surface area contributed by atoms with Gasteiger partial charge in [-0.2, -0.15) is 10.1 Å². The quantitative estimate of drug-likeness (QED) is 0.381. The van der Waals surface area contributed by atoms with Crippen LogP contribution in [0.3, 0.4) is 0 Å². The minimum atomic E-state index is -0.581. The lowest BCUT2D eigenvalue weighted by atomic mass is 10.2. The average Bonchev–Trinajstić information content (AvgIpc) is 3.18. The number of fused-ring (bicyclic) bond motifs is 1. The first kappa shape index (κ1) is 22.0. The number of rotatable bonds is 8. The topological polar surface area (TPSA) is 103 Å². The molecule has 0 saturated carbocycles. The van der Waals surface area contributed by atoms with Gasteiger partial charge in [0.2, 0.25) is 5.95 Å². The van der Waals surface area contributed by atoms with Crippen LogP contribution in [0.2, 0.25) is 0 Å². The van der Waals surface area contributed by atoms with E-state index in [1.165, 1.54) is 7.11 Å². The molecule has 9 nitrogen and oxygen atoms in total. The van der Waals surface area contributed by atoms with Crippen LogP contribution in [0.25, 0.3) is 10.9 Å². The number of hydrogen-bond acceptors (Lipinski definition) is 8. The fourth-order valence-electron chi connectivity index (χ4n) is 3.15. The molecule has 0 atom stereocenters. The van der Waals surface area contributed by atoms with Gasteiger partial charge in [-0.05, 0) is 56.3 Å². The number of esters is 1. The van der Waals surface area contributed by atoms with Gasteiger partial charge in [0.05, 0.1) is 31.1 Å². The van der Waals surface area contributed by atoms with Crippen LogP contribution in [-0.4, -0.2) is 38.9 Å². The van der Waals surface area contributed by atoms with Crippen molar-refractivity contribution >= 4 is 40.0 Å². The first-order valence-electron chi connectivity index (χ1n) is 10.3. The number of anilines is 4. The summed E-state index contributed by atoms with van der Waals surface area (Å²) < 4.78 is 26.2. The number of nitrogens with zero attached hydrogens (tertiary/aromatic N) is 4. The molecule has 0 saturated heterocycles. The monoisotopic (exact) mass is 450 g/mol. The molecule has 0 aliphatic rings. The van der Waals surface area contributed by atoms with Crippen molar-refractivity contribution in [2.24, 2.45) is 0 Å². The number of aromatic nitrogens is 4. The molecule has 0 amide bonds. The summed E-state index contributed by atoms with van der Waals surface area (Å²) in [5, 5.41) is 11.0. The predicted molar refractivity (Wildman–Crippen MR) is 123 cm³/mol. The molecule has 0 unspecified atom stereocenters. The normalized spacial score (nSPS) is 10.9. The number of nitrogens with one attached hydrogen (secondary N) is 2. The van der Waals surface area contributed by atoms with Gasteiger partial charge in [0, 0.05) is 16.8 Å². The van der Waals surface area contributed by atoms with Gasteiger partial charge in [0.25, 0.3) is 0 Å². The number of carbonyl (C=O) groups is 1. The summed E-state index contributed by atoms with van der Waals surface area (Å²) in [4.78, 5) is 19.8. The molecule has 4 rings (SSSR count). The lowest BCUT2D eigenvalue weighted by Gasteiger charge is -2.12. The van der Waals surface area contributed by atoms with Crippen molar-refractivity contribution in [3.05, 3.63) is 60.7 Å². The highest BCUT2D eigenvalue weighted by Crippen LogP contribution is 2.24. The first-order chi connectivity index (χ1) is 15.9. The Labute approximate surface area is 189 Å². The SMILES string of the molecule is COC(=O)Cn1ncc2cc(Nc3ncc(F)c(Nc4ccc(OC(C)C)cc4)n3)ccc21. The van der Waals surface area contributed by atoms with E-state index in [1.807, 2.05) is 26.0 Å². The second-order valence-corrected chi connectivity index (χ2v) is 7.48. The van der Waals surface area contributed by atoms with E-state index < -0.39 is 5.82 Å². The van der Waals surface area contributed by atoms with Crippen molar-refractivity contribution in [2.45, 2.75) is 26.5 Å². The van der Waals surface area contributed by atoms with Crippen LogP contribution in [0, 0.1) is 5.82 Å². The maximum absolute atomic E-state index is 14.3. The maximum atomic E-state index is 14.3. The van der Waals surface area contributed by atoms with E-state index >= 15 is 0 Å². The second-order valence-electron chi connectivity index (χ2n) is 7.48. The van der Waals surface area contributed by atoms with Crippen molar-refractivity contribution < 1.29 is 18.7 Å². The fourth-order valence-corrected chi connectivity index (χ4v) is 3.15. The summed E-state index contributed by atoms with van der Waals surface area (Å²) in [6, 6.07) is 12.6.